The van der Waals surface area contributed by atoms with Gasteiger partial charge in [0.05, 0.1) is 18.6 Å². The Kier molecular flexibility index (Phi) is 5.67. The van der Waals surface area contributed by atoms with Gasteiger partial charge in [-0.2, -0.15) is 18.3 Å². The molecule has 1 aromatic heterocycles. The Bertz CT molecular complexity index is 830. The highest BCUT2D eigenvalue weighted by atomic mass is 19.4. The van der Waals surface area contributed by atoms with E-state index >= 15 is 0 Å². The molecule has 1 aromatic rings. The quantitative estimate of drug-likeness (QED) is 0.539. The zero-order valence-electron chi connectivity index (χ0n) is 15.8. The number of amides is 2. The van der Waals surface area contributed by atoms with Crippen LogP contribution in [0.1, 0.15) is 35.4 Å². The van der Waals surface area contributed by atoms with Crippen LogP contribution >= 0.6 is 0 Å². The number of ether oxygens (including phenoxy) is 1. The number of alkyl halides is 3. The van der Waals surface area contributed by atoms with E-state index in [0.29, 0.717) is 26.1 Å². The summed E-state index contributed by atoms with van der Waals surface area (Å²) in [7, 11) is 0. The predicted molar refractivity (Wildman–Crippen MR) is 93.7 cm³/mol. The predicted octanol–water partition coefficient (Wildman–Crippen LogP) is 1.50. The molecule has 2 fully saturated rings. The summed E-state index contributed by atoms with van der Waals surface area (Å²) in [6.45, 7) is 6.00. The van der Waals surface area contributed by atoms with Crippen LogP contribution in [0.25, 0.3) is 0 Å². The zero-order valence-corrected chi connectivity index (χ0v) is 15.8. The average Bonchev–Trinajstić information content (AvgIpc) is 3.27. The van der Waals surface area contributed by atoms with E-state index in [2.05, 4.69) is 11.7 Å². The van der Waals surface area contributed by atoms with Crippen molar-refractivity contribution in [3.8, 4) is 0 Å². The third-order valence-electron chi connectivity index (χ3n) is 5.06. The number of carbonyl (C=O) groups excluding carboxylic acids is 3. The molecule has 3 heterocycles. The molecule has 11 heteroatoms. The first-order valence-electron chi connectivity index (χ1n) is 9.19. The number of nitrogens with zero attached hydrogens (tertiary/aromatic N) is 4. The Labute approximate surface area is 164 Å². The Morgan fingerprint density at radius 1 is 1.28 bits per heavy atom. The van der Waals surface area contributed by atoms with Crippen molar-refractivity contribution in [3.05, 3.63) is 30.1 Å². The number of esters is 1. The lowest BCUT2D eigenvalue weighted by Gasteiger charge is -2.39. The van der Waals surface area contributed by atoms with Gasteiger partial charge in [0.1, 0.15) is 5.56 Å². The van der Waals surface area contributed by atoms with Gasteiger partial charge in [0, 0.05) is 32.4 Å². The third-order valence-corrected chi connectivity index (χ3v) is 5.06. The summed E-state index contributed by atoms with van der Waals surface area (Å²) in [4.78, 5) is 39.0. The first kappa shape index (κ1) is 20.9. The number of aromatic nitrogens is 2. The van der Waals surface area contributed by atoms with E-state index in [9.17, 15) is 27.6 Å². The molecule has 0 radical (unpaired) electrons. The summed E-state index contributed by atoms with van der Waals surface area (Å²) in [6.07, 6.45) is -2.17. The Balaban J connectivity index is 1.68. The van der Waals surface area contributed by atoms with E-state index in [4.69, 9.17) is 4.74 Å². The minimum Gasteiger partial charge on any atom is -0.462 e. The highest BCUT2D eigenvalue weighted by Gasteiger charge is 2.42. The molecule has 1 unspecified atom stereocenters. The molecule has 0 aromatic carbocycles. The SMILES string of the molecule is C=CC(=O)N1CC(C(=O)N2CCC(n3cc(C(=O)OCC)c(C(F)(F)F)n3)C2)C1. The summed E-state index contributed by atoms with van der Waals surface area (Å²) in [6, 6.07) is -0.478. The van der Waals surface area contributed by atoms with Crippen molar-refractivity contribution in [2.45, 2.75) is 25.6 Å². The van der Waals surface area contributed by atoms with Crippen LogP contribution < -0.4 is 0 Å². The van der Waals surface area contributed by atoms with Crippen molar-refractivity contribution in [3.63, 3.8) is 0 Å². The molecular formula is C18H21F3N4O4. The highest BCUT2D eigenvalue weighted by Crippen LogP contribution is 2.33. The summed E-state index contributed by atoms with van der Waals surface area (Å²) >= 11 is 0. The Morgan fingerprint density at radius 2 is 1.97 bits per heavy atom. The lowest BCUT2D eigenvalue weighted by Crippen LogP contribution is -2.55. The van der Waals surface area contributed by atoms with Gasteiger partial charge in [0.2, 0.25) is 11.8 Å². The standard InChI is InChI=1S/C18H21F3N4O4/c1-3-14(26)24-7-11(8-24)16(27)23-6-5-12(9-23)25-10-13(17(28)29-4-2)15(22-25)18(19,20)21/h3,10-12H,1,4-9H2,2H3. The van der Waals surface area contributed by atoms with Crippen LogP contribution in [0.5, 0.6) is 0 Å². The third kappa shape index (κ3) is 4.13. The highest BCUT2D eigenvalue weighted by molar-refractivity contribution is 5.91. The lowest BCUT2D eigenvalue weighted by atomic mass is 9.98. The second-order valence-corrected chi connectivity index (χ2v) is 6.96. The first-order chi connectivity index (χ1) is 13.7. The van der Waals surface area contributed by atoms with Gasteiger partial charge < -0.3 is 14.5 Å². The van der Waals surface area contributed by atoms with Crippen LogP contribution in [0, 0.1) is 5.92 Å². The van der Waals surface area contributed by atoms with Gasteiger partial charge in [-0.05, 0) is 19.4 Å². The summed E-state index contributed by atoms with van der Waals surface area (Å²) < 4.78 is 45.6. The average molecular weight is 414 g/mol. The summed E-state index contributed by atoms with van der Waals surface area (Å²) in [5.41, 5.74) is -1.93. The van der Waals surface area contributed by atoms with Crippen molar-refractivity contribution in [1.29, 1.82) is 0 Å². The van der Waals surface area contributed by atoms with Gasteiger partial charge in [0.25, 0.3) is 0 Å². The summed E-state index contributed by atoms with van der Waals surface area (Å²) in [5, 5.41) is 3.57. The van der Waals surface area contributed by atoms with E-state index in [0.717, 1.165) is 10.9 Å². The molecule has 0 bridgehead atoms. The Hall–Kier alpha value is -2.85. The van der Waals surface area contributed by atoms with Crippen LogP contribution in [-0.4, -0.2) is 70.1 Å². The van der Waals surface area contributed by atoms with Crippen LogP contribution in [0.3, 0.4) is 0 Å². The van der Waals surface area contributed by atoms with Gasteiger partial charge in [-0.15, -0.1) is 0 Å². The number of carbonyl (C=O) groups is 3. The van der Waals surface area contributed by atoms with Crippen molar-refractivity contribution in [1.82, 2.24) is 19.6 Å². The van der Waals surface area contributed by atoms with Crippen LogP contribution in [0.2, 0.25) is 0 Å². The molecule has 0 saturated carbocycles. The molecule has 8 nitrogen and oxygen atoms in total. The maximum Gasteiger partial charge on any atom is 0.436 e. The molecule has 2 saturated heterocycles. The molecule has 1 atom stereocenters. The Morgan fingerprint density at radius 3 is 2.55 bits per heavy atom. The zero-order chi connectivity index (χ0) is 21.3. The molecule has 158 valence electrons. The molecule has 29 heavy (non-hydrogen) atoms. The van der Waals surface area contributed by atoms with Crippen molar-refractivity contribution < 1.29 is 32.3 Å². The van der Waals surface area contributed by atoms with E-state index in [1.54, 1.807) is 4.90 Å². The maximum absolute atomic E-state index is 13.3. The number of hydrogen-bond donors (Lipinski definition) is 0. The van der Waals surface area contributed by atoms with Gasteiger partial charge in [-0.1, -0.05) is 6.58 Å². The van der Waals surface area contributed by atoms with E-state index in [1.807, 2.05) is 0 Å². The molecule has 0 spiro atoms. The summed E-state index contributed by atoms with van der Waals surface area (Å²) in [5.74, 6) is -1.79. The van der Waals surface area contributed by atoms with Crippen molar-refractivity contribution in [2.75, 3.05) is 32.8 Å². The fourth-order valence-electron chi connectivity index (χ4n) is 3.51. The molecule has 3 rings (SSSR count). The molecule has 2 aliphatic rings. The molecule has 0 N–H and O–H groups in total. The maximum atomic E-state index is 13.3. The fraction of sp³-hybridized carbons (Fsp3) is 0.556. The molecule has 2 amide bonds. The van der Waals surface area contributed by atoms with Gasteiger partial charge >= 0.3 is 12.1 Å². The number of hydrogen-bond acceptors (Lipinski definition) is 5. The fourth-order valence-corrected chi connectivity index (χ4v) is 3.51. The molecular weight excluding hydrogens is 393 g/mol. The molecule has 2 aliphatic heterocycles. The number of rotatable bonds is 5. The van der Waals surface area contributed by atoms with Crippen molar-refractivity contribution >= 4 is 17.8 Å². The first-order valence-corrected chi connectivity index (χ1v) is 9.19. The van der Waals surface area contributed by atoms with Crippen LogP contribution in [0.15, 0.2) is 18.9 Å². The van der Waals surface area contributed by atoms with E-state index in [1.165, 1.54) is 17.9 Å². The minimum absolute atomic E-state index is 0.0558. The largest absolute Gasteiger partial charge is 0.462 e. The van der Waals surface area contributed by atoms with E-state index in [-0.39, 0.29) is 30.9 Å². The van der Waals surface area contributed by atoms with E-state index < -0.39 is 29.4 Å². The molecule has 0 aliphatic carbocycles. The second kappa shape index (κ2) is 7.88. The minimum atomic E-state index is -4.80. The van der Waals surface area contributed by atoms with Gasteiger partial charge in [0.15, 0.2) is 5.69 Å². The smallest absolute Gasteiger partial charge is 0.436 e. The number of halogens is 3. The van der Waals surface area contributed by atoms with Crippen molar-refractivity contribution in [2.24, 2.45) is 5.92 Å². The topological polar surface area (TPSA) is 84.7 Å². The van der Waals surface area contributed by atoms with Gasteiger partial charge in [-0.25, -0.2) is 4.79 Å². The van der Waals surface area contributed by atoms with Crippen LogP contribution in [-0.2, 0) is 20.5 Å². The monoisotopic (exact) mass is 414 g/mol. The number of likely N-dealkylation sites (tertiary alicyclic amines) is 2. The van der Waals surface area contributed by atoms with Gasteiger partial charge in [-0.3, -0.25) is 14.3 Å². The second-order valence-electron chi connectivity index (χ2n) is 6.96. The van der Waals surface area contributed by atoms with Crippen LogP contribution in [0.4, 0.5) is 13.2 Å². The lowest BCUT2D eigenvalue weighted by molar-refractivity contribution is -0.146. The normalized spacial score (nSPS) is 19.8.